The minimum atomic E-state index is -0.387. The van der Waals surface area contributed by atoms with Crippen molar-refractivity contribution in [3.05, 3.63) is 53.8 Å². The highest BCUT2D eigenvalue weighted by Gasteiger charge is 2.06. The average molecular weight is 261 g/mol. The number of rotatable bonds is 5. The zero-order valence-corrected chi connectivity index (χ0v) is 10.7. The minimum absolute atomic E-state index is 0.200. The molecule has 0 saturated heterocycles. The Bertz CT molecular complexity index is 540. The van der Waals surface area contributed by atoms with Gasteiger partial charge in [0.1, 0.15) is 11.5 Å². The highest BCUT2D eigenvalue weighted by molar-refractivity contribution is 5.37. The molecule has 2 aromatic carbocycles. The van der Waals surface area contributed by atoms with E-state index < -0.39 is 0 Å². The van der Waals surface area contributed by atoms with E-state index in [1.165, 1.54) is 6.07 Å². The summed E-state index contributed by atoms with van der Waals surface area (Å²) in [6, 6.07) is 11.9. The van der Waals surface area contributed by atoms with Crippen LogP contribution in [0.4, 0.5) is 4.39 Å². The predicted octanol–water partition coefficient (Wildman–Crippen LogP) is 3.13. The van der Waals surface area contributed by atoms with Crippen LogP contribution in [0.15, 0.2) is 42.5 Å². The van der Waals surface area contributed by atoms with Gasteiger partial charge in [0.05, 0.1) is 7.11 Å². The molecule has 0 atom stereocenters. The third-order valence-electron chi connectivity index (χ3n) is 2.72. The lowest BCUT2D eigenvalue weighted by Crippen LogP contribution is -2.03. The molecule has 0 saturated carbocycles. The van der Waals surface area contributed by atoms with Crippen LogP contribution in [0.3, 0.4) is 0 Å². The number of benzene rings is 2. The number of nitrogens with two attached hydrogens (primary N) is 1. The van der Waals surface area contributed by atoms with E-state index in [9.17, 15) is 4.39 Å². The Morgan fingerprint density at radius 1 is 1.05 bits per heavy atom. The van der Waals surface area contributed by atoms with E-state index in [4.69, 9.17) is 15.2 Å². The summed E-state index contributed by atoms with van der Waals surface area (Å²) in [6.07, 6.45) is 0.653. The second-order valence-corrected chi connectivity index (χ2v) is 4.08. The van der Waals surface area contributed by atoms with Crippen molar-refractivity contribution in [2.24, 2.45) is 5.73 Å². The van der Waals surface area contributed by atoms with Gasteiger partial charge in [-0.15, -0.1) is 0 Å². The maximum absolute atomic E-state index is 13.8. The molecule has 100 valence electrons. The largest absolute Gasteiger partial charge is 0.497 e. The molecule has 0 radical (unpaired) electrons. The van der Waals surface area contributed by atoms with Crippen LogP contribution in [0.1, 0.15) is 5.56 Å². The van der Waals surface area contributed by atoms with Crippen molar-refractivity contribution >= 4 is 0 Å². The lowest BCUT2D eigenvalue weighted by Gasteiger charge is -2.08. The molecule has 0 amide bonds. The molecule has 0 aliphatic rings. The van der Waals surface area contributed by atoms with Crippen molar-refractivity contribution in [2.45, 2.75) is 6.42 Å². The molecular weight excluding hydrogens is 245 g/mol. The van der Waals surface area contributed by atoms with Crippen LogP contribution in [-0.4, -0.2) is 13.7 Å². The molecule has 3 nitrogen and oxygen atoms in total. The van der Waals surface area contributed by atoms with Gasteiger partial charge in [-0.1, -0.05) is 6.07 Å². The van der Waals surface area contributed by atoms with Crippen LogP contribution < -0.4 is 15.2 Å². The summed E-state index contributed by atoms with van der Waals surface area (Å²) < 4.78 is 24.3. The van der Waals surface area contributed by atoms with Crippen molar-refractivity contribution < 1.29 is 13.9 Å². The van der Waals surface area contributed by atoms with Gasteiger partial charge < -0.3 is 15.2 Å². The smallest absolute Gasteiger partial charge is 0.165 e. The Hall–Kier alpha value is -2.07. The Balaban J connectivity index is 2.13. The number of methoxy groups -OCH3 is 1. The fourth-order valence-corrected chi connectivity index (χ4v) is 1.72. The zero-order valence-electron chi connectivity index (χ0n) is 10.7. The third kappa shape index (κ3) is 3.45. The van der Waals surface area contributed by atoms with Gasteiger partial charge in [-0.2, -0.15) is 0 Å². The van der Waals surface area contributed by atoms with E-state index in [1.54, 1.807) is 37.4 Å². The molecule has 0 unspecified atom stereocenters. The van der Waals surface area contributed by atoms with Gasteiger partial charge >= 0.3 is 0 Å². The number of ether oxygens (including phenoxy) is 2. The lowest BCUT2D eigenvalue weighted by molar-refractivity contribution is 0.411. The molecule has 2 rings (SSSR count). The predicted molar refractivity (Wildman–Crippen MR) is 72.2 cm³/mol. The molecule has 0 aromatic heterocycles. The molecular formula is C15H16FNO2. The molecule has 0 heterocycles. The van der Waals surface area contributed by atoms with Crippen LogP contribution in [-0.2, 0) is 6.42 Å². The summed E-state index contributed by atoms with van der Waals surface area (Å²) in [4.78, 5) is 0. The van der Waals surface area contributed by atoms with Crippen LogP contribution >= 0.6 is 0 Å². The summed E-state index contributed by atoms with van der Waals surface area (Å²) in [6.45, 7) is 0.498. The van der Waals surface area contributed by atoms with E-state index in [-0.39, 0.29) is 11.6 Å². The first-order valence-electron chi connectivity index (χ1n) is 6.03. The van der Waals surface area contributed by atoms with E-state index in [1.807, 2.05) is 6.07 Å². The van der Waals surface area contributed by atoms with E-state index in [0.717, 1.165) is 11.3 Å². The monoisotopic (exact) mass is 261 g/mol. The molecule has 4 heteroatoms. The Kier molecular flexibility index (Phi) is 4.36. The van der Waals surface area contributed by atoms with Crippen molar-refractivity contribution in [3.8, 4) is 17.2 Å². The van der Waals surface area contributed by atoms with Crippen LogP contribution in [0, 0.1) is 5.82 Å². The topological polar surface area (TPSA) is 44.5 Å². The molecule has 2 aromatic rings. The highest BCUT2D eigenvalue weighted by atomic mass is 19.1. The van der Waals surface area contributed by atoms with Crippen molar-refractivity contribution in [1.82, 2.24) is 0 Å². The van der Waals surface area contributed by atoms with Gasteiger partial charge in [-0.05, 0) is 54.9 Å². The SMILES string of the molecule is COc1ccc(Oc2ccc(CCN)cc2F)cc1. The molecule has 0 aliphatic carbocycles. The zero-order chi connectivity index (χ0) is 13.7. The van der Waals surface area contributed by atoms with Crippen LogP contribution in [0.5, 0.6) is 17.2 Å². The second kappa shape index (κ2) is 6.20. The van der Waals surface area contributed by atoms with Gasteiger partial charge in [0.2, 0.25) is 0 Å². The maximum atomic E-state index is 13.8. The highest BCUT2D eigenvalue weighted by Crippen LogP contribution is 2.26. The molecule has 2 N–H and O–H groups in total. The molecule has 19 heavy (non-hydrogen) atoms. The summed E-state index contributed by atoms with van der Waals surface area (Å²) >= 11 is 0. The standard InChI is InChI=1S/C15H16FNO2/c1-18-12-3-5-13(6-4-12)19-15-7-2-11(8-9-17)10-14(15)16/h2-7,10H,8-9,17H2,1H3. The molecule has 0 aliphatic heterocycles. The first-order chi connectivity index (χ1) is 9.22. The van der Waals surface area contributed by atoms with Crippen molar-refractivity contribution in [2.75, 3.05) is 13.7 Å². The fraction of sp³-hybridized carbons (Fsp3) is 0.200. The quantitative estimate of drug-likeness (QED) is 0.899. The Labute approximate surface area is 111 Å². The fourth-order valence-electron chi connectivity index (χ4n) is 1.72. The van der Waals surface area contributed by atoms with Gasteiger partial charge in [0.15, 0.2) is 11.6 Å². The average Bonchev–Trinajstić information content (AvgIpc) is 2.43. The van der Waals surface area contributed by atoms with Crippen molar-refractivity contribution in [3.63, 3.8) is 0 Å². The number of hydrogen-bond donors (Lipinski definition) is 1. The first-order valence-corrected chi connectivity index (χ1v) is 6.03. The van der Waals surface area contributed by atoms with Gasteiger partial charge in [0.25, 0.3) is 0 Å². The molecule has 0 bridgehead atoms. The molecule has 0 spiro atoms. The first kappa shape index (κ1) is 13.4. The van der Waals surface area contributed by atoms with Gasteiger partial charge in [-0.3, -0.25) is 0 Å². The normalized spacial score (nSPS) is 10.3. The van der Waals surface area contributed by atoms with Crippen LogP contribution in [0.2, 0.25) is 0 Å². The van der Waals surface area contributed by atoms with Gasteiger partial charge in [0, 0.05) is 0 Å². The maximum Gasteiger partial charge on any atom is 0.165 e. The summed E-state index contributed by atoms with van der Waals surface area (Å²) in [5, 5.41) is 0. The summed E-state index contributed by atoms with van der Waals surface area (Å²) in [5.41, 5.74) is 6.30. The molecule has 0 fully saturated rings. The second-order valence-electron chi connectivity index (χ2n) is 4.08. The van der Waals surface area contributed by atoms with E-state index >= 15 is 0 Å². The number of hydrogen-bond acceptors (Lipinski definition) is 3. The van der Waals surface area contributed by atoms with Gasteiger partial charge in [-0.25, -0.2) is 4.39 Å². The third-order valence-corrected chi connectivity index (χ3v) is 2.72. The Morgan fingerprint density at radius 3 is 2.32 bits per heavy atom. The Morgan fingerprint density at radius 2 is 1.74 bits per heavy atom. The van der Waals surface area contributed by atoms with Crippen molar-refractivity contribution in [1.29, 1.82) is 0 Å². The number of halogens is 1. The van der Waals surface area contributed by atoms with E-state index in [0.29, 0.717) is 18.7 Å². The van der Waals surface area contributed by atoms with Crippen LogP contribution in [0.25, 0.3) is 0 Å². The minimum Gasteiger partial charge on any atom is -0.497 e. The lowest BCUT2D eigenvalue weighted by atomic mass is 10.1. The van der Waals surface area contributed by atoms with E-state index in [2.05, 4.69) is 0 Å². The summed E-state index contributed by atoms with van der Waals surface area (Å²) in [5.74, 6) is 1.10. The summed E-state index contributed by atoms with van der Waals surface area (Å²) in [7, 11) is 1.59.